The molecule has 0 amide bonds. The van der Waals surface area contributed by atoms with Crippen LogP contribution < -0.4 is 15.2 Å². The zero-order valence-corrected chi connectivity index (χ0v) is 11.9. The van der Waals surface area contributed by atoms with Gasteiger partial charge in [-0.15, -0.1) is 0 Å². The molecule has 0 fully saturated rings. The van der Waals surface area contributed by atoms with Crippen molar-refractivity contribution in [3.05, 3.63) is 59.4 Å². The first-order valence-corrected chi connectivity index (χ1v) is 7.12. The van der Waals surface area contributed by atoms with E-state index < -0.39 is 0 Å². The molecule has 21 heavy (non-hydrogen) atoms. The number of para-hydroxylation sites is 1. The van der Waals surface area contributed by atoms with E-state index in [2.05, 4.69) is 0 Å². The van der Waals surface area contributed by atoms with Crippen LogP contribution in [0.4, 0.5) is 4.39 Å². The molecule has 3 nitrogen and oxygen atoms in total. The molecule has 4 heteroatoms. The van der Waals surface area contributed by atoms with Gasteiger partial charge in [0.2, 0.25) is 0 Å². The third-order valence-corrected chi connectivity index (χ3v) is 3.67. The molecule has 0 spiro atoms. The van der Waals surface area contributed by atoms with Gasteiger partial charge in [0.1, 0.15) is 23.4 Å². The molecule has 0 aromatic heterocycles. The first kappa shape index (κ1) is 13.9. The van der Waals surface area contributed by atoms with E-state index in [4.69, 9.17) is 15.2 Å². The molecule has 1 aliphatic heterocycles. The van der Waals surface area contributed by atoms with Crippen LogP contribution in [0, 0.1) is 5.82 Å². The van der Waals surface area contributed by atoms with E-state index in [0.717, 1.165) is 16.9 Å². The minimum Gasteiger partial charge on any atom is -0.493 e. The lowest BCUT2D eigenvalue weighted by Crippen LogP contribution is -2.24. The van der Waals surface area contributed by atoms with Crippen molar-refractivity contribution in [1.82, 2.24) is 0 Å². The largest absolute Gasteiger partial charge is 0.493 e. The van der Waals surface area contributed by atoms with Crippen LogP contribution in [0.5, 0.6) is 11.5 Å². The summed E-state index contributed by atoms with van der Waals surface area (Å²) in [6.07, 6.45) is 0.418. The van der Waals surface area contributed by atoms with Crippen molar-refractivity contribution < 1.29 is 13.9 Å². The molecule has 0 aliphatic carbocycles. The maximum Gasteiger partial charge on any atom is 0.129 e. The average molecular weight is 287 g/mol. The molecule has 2 atom stereocenters. The molecule has 1 unspecified atom stereocenters. The predicted octanol–water partition coefficient (Wildman–Crippen LogP) is 3.75. The van der Waals surface area contributed by atoms with Crippen LogP contribution in [0.1, 0.15) is 36.6 Å². The van der Waals surface area contributed by atoms with E-state index in [0.29, 0.717) is 18.8 Å². The lowest BCUT2D eigenvalue weighted by atomic mass is 9.93. The summed E-state index contributed by atoms with van der Waals surface area (Å²) in [4.78, 5) is 0. The number of fused-ring (bicyclic) bond motifs is 1. The van der Waals surface area contributed by atoms with Crippen molar-refractivity contribution in [2.45, 2.75) is 25.5 Å². The molecule has 3 rings (SSSR count). The number of hydrogen-bond acceptors (Lipinski definition) is 3. The second-order valence-electron chi connectivity index (χ2n) is 5.10. The molecule has 0 bridgehead atoms. The normalized spacial score (nSPS) is 20.5. The quantitative estimate of drug-likeness (QED) is 0.935. The van der Waals surface area contributed by atoms with Gasteiger partial charge in [0.05, 0.1) is 6.61 Å². The molecule has 0 saturated carbocycles. The van der Waals surface area contributed by atoms with Crippen molar-refractivity contribution in [3.8, 4) is 11.5 Å². The third kappa shape index (κ3) is 2.72. The summed E-state index contributed by atoms with van der Waals surface area (Å²) in [5, 5.41) is 0. The number of hydrogen-bond donors (Lipinski definition) is 1. The van der Waals surface area contributed by atoms with Crippen molar-refractivity contribution in [3.63, 3.8) is 0 Å². The highest BCUT2D eigenvalue weighted by Crippen LogP contribution is 2.42. The Hall–Kier alpha value is -2.07. The molecule has 0 saturated heterocycles. The summed E-state index contributed by atoms with van der Waals surface area (Å²) in [6.45, 7) is 2.54. The van der Waals surface area contributed by atoms with E-state index in [-0.39, 0.29) is 18.0 Å². The fourth-order valence-corrected chi connectivity index (χ4v) is 2.70. The van der Waals surface area contributed by atoms with Crippen molar-refractivity contribution >= 4 is 0 Å². The highest BCUT2D eigenvalue weighted by Gasteiger charge is 2.29. The van der Waals surface area contributed by atoms with Crippen molar-refractivity contribution in [1.29, 1.82) is 0 Å². The lowest BCUT2D eigenvalue weighted by Gasteiger charge is -2.31. The van der Waals surface area contributed by atoms with Gasteiger partial charge in [0, 0.05) is 23.6 Å². The van der Waals surface area contributed by atoms with Crippen molar-refractivity contribution in [2.24, 2.45) is 5.73 Å². The Kier molecular flexibility index (Phi) is 3.80. The SMILES string of the molecule is CCOc1ccccc1C1C[C@H](N)c2cc(F)ccc2O1. The van der Waals surface area contributed by atoms with Gasteiger partial charge in [-0.2, -0.15) is 0 Å². The maximum absolute atomic E-state index is 13.3. The smallest absolute Gasteiger partial charge is 0.129 e. The van der Waals surface area contributed by atoms with Gasteiger partial charge in [0.25, 0.3) is 0 Å². The molecule has 2 aromatic rings. The Morgan fingerprint density at radius 1 is 1.24 bits per heavy atom. The number of rotatable bonds is 3. The average Bonchev–Trinajstić information content (AvgIpc) is 2.49. The highest BCUT2D eigenvalue weighted by atomic mass is 19.1. The van der Waals surface area contributed by atoms with Crippen LogP contribution in [0.2, 0.25) is 0 Å². The summed E-state index contributed by atoms with van der Waals surface area (Å²) in [7, 11) is 0. The summed E-state index contributed by atoms with van der Waals surface area (Å²) in [5.41, 5.74) is 7.88. The Morgan fingerprint density at radius 3 is 2.86 bits per heavy atom. The number of nitrogens with two attached hydrogens (primary N) is 1. The molecule has 2 aromatic carbocycles. The first-order valence-electron chi connectivity index (χ1n) is 7.12. The number of ether oxygens (including phenoxy) is 2. The minimum absolute atomic E-state index is 0.180. The number of benzene rings is 2. The zero-order chi connectivity index (χ0) is 14.8. The van der Waals surface area contributed by atoms with Gasteiger partial charge in [-0.1, -0.05) is 18.2 Å². The molecule has 110 valence electrons. The first-order chi connectivity index (χ1) is 10.2. The Morgan fingerprint density at radius 2 is 2.05 bits per heavy atom. The molecular weight excluding hydrogens is 269 g/mol. The molecule has 2 N–H and O–H groups in total. The summed E-state index contributed by atoms with van der Waals surface area (Å²) < 4.78 is 25.0. The Labute approximate surface area is 123 Å². The van der Waals surface area contributed by atoms with Crippen LogP contribution in [0.15, 0.2) is 42.5 Å². The summed E-state index contributed by atoms with van der Waals surface area (Å²) in [6, 6.07) is 12.0. The molecule has 1 aliphatic rings. The second kappa shape index (κ2) is 5.74. The molecular formula is C17H18FNO2. The fraction of sp³-hybridized carbons (Fsp3) is 0.294. The standard InChI is InChI=1S/C17H18FNO2/c1-2-20-15-6-4-3-5-12(15)17-10-14(19)13-9-11(18)7-8-16(13)21-17/h3-9,14,17H,2,10,19H2,1H3/t14-,17?/m0/s1. The third-order valence-electron chi connectivity index (χ3n) is 3.67. The predicted molar refractivity (Wildman–Crippen MR) is 78.9 cm³/mol. The monoisotopic (exact) mass is 287 g/mol. The molecule has 0 radical (unpaired) electrons. The van der Waals surface area contributed by atoms with E-state index in [1.807, 2.05) is 31.2 Å². The Bertz CT molecular complexity index is 644. The van der Waals surface area contributed by atoms with Crippen LogP contribution in [0.3, 0.4) is 0 Å². The second-order valence-corrected chi connectivity index (χ2v) is 5.10. The molecule has 1 heterocycles. The van der Waals surface area contributed by atoms with Gasteiger partial charge >= 0.3 is 0 Å². The van der Waals surface area contributed by atoms with Gasteiger partial charge in [-0.25, -0.2) is 4.39 Å². The van der Waals surface area contributed by atoms with Gasteiger partial charge in [-0.05, 0) is 31.2 Å². The summed E-state index contributed by atoms with van der Waals surface area (Å²) in [5.74, 6) is 1.16. The van der Waals surface area contributed by atoms with Crippen LogP contribution in [-0.4, -0.2) is 6.61 Å². The lowest BCUT2D eigenvalue weighted by molar-refractivity contribution is 0.156. The van der Waals surface area contributed by atoms with Crippen LogP contribution in [-0.2, 0) is 0 Å². The van der Waals surface area contributed by atoms with Crippen LogP contribution in [0.25, 0.3) is 0 Å². The maximum atomic E-state index is 13.3. The fourth-order valence-electron chi connectivity index (χ4n) is 2.70. The van der Waals surface area contributed by atoms with E-state index in [1.54, 1.807) is 6.07 Å². The van der Waals surface area contributed by atoms with Gasteiger partial charge < -0.3 is 15.2 Å². The van der Waals surface area contributed by atoms with E-state index >= 15 is 0 Å². The Balaban J connectivity index is 1.94. The highest BCUT2D eigenvalue weighted by molar-refractivity contribution is 5.42. The van der Waals surface area contributed by atoms with Crippen molar-refractivity contribution in [2.75, 3.05) is 6.61 Å². The van der Waals surface area contributed by atoms with Gasteiger partial charge in [-0.3, -0.25) is 0 Å². The zero-order valence-electron chi connectivity index (χ0n) is 11.9. The summed E-state index contributed by atoms with van der Waals surface area (Å²) >= 11 is 0. The van der Waals surface area contributed by atoms with Gasteiger partial charge in [0.15, 0.2) is 0 Å². The van der Waals surface area contributed by atoms with E-state index in [9.17, 15) is 4.39 Å². The topological polar surface area (TPSA) is 44.5 Å². The van der Waals surface area contributed by atoms with E-state index in [1.165, 1.54) is 12.1 Å². The minimum atomic E-state index is -0.291. The number of halogens is 1. The van der Waals surface area contributed by atoms with Crippen LogP contribution >= 0.6 is 0 Å².